The predicted octanol–water partition coefficient (Wildman–Crippen LogP) is 2.73. The molecule has 0 fully saturated rings. The van der Waals surface area contributed by atoms with E-state index in [0.29, 0.717) is 17.1 Å². The largest absolute Gasteiger partial charge is 0.460 e. The Kier molecular flexibility index (Phi) is 13.4. The van der Waals surface area contributed by atoms with Crippen molar-refractivity contribution in [1.82, 2.24) is 10.6 Å². The third kappa shape index (κ3) is 15.5. The summed E-state index contributed by atoms with van der Waals surface area (Å²) in [6, 6.07) is 5.53. The van der Waals surface area contributed by atoms with Gasteiger partial charge in [-0.05, 0) is 72.6 Å². The molecule has 1 unspecified atom stereocenters. The van der Waals surface area contributed by atoms with Gasteiger partial charge in [-0.15, -0.1) is 0 Å². The number of ether oxygens (including phenoxy) is 2. The molecule has 1 aromatic rings. The Balaban J connectivity index is 2.68. The number of benzene rings is 1. The molecule has 0 aliphatic carbocycles. The number of esters is 2. The zero-order chi connectivity index (χ0) is 29.9. The molecule has 0 heterocycles. The summed E-state index contributed by atoms with van der Waals surface area (Å²) in [7, 11) is 0. The van der Waals surface area contributed by atoms with Crippen molar-refractivity contribution in [1.29, 1.82) is 0 Å². The minimum absolute atomic E-state index is 0.0233. The summed E-state index contributed by atoms with van der Waals surface area (Å²) in [5.41, 5.74) is -1.51. The highest BCUT2D eigenvalue weighted by Gasteiger charge is 2.28. The summed E-state index contributed by atoms with van der Waals surface area (Å²) in [6.07, 6.45) is 0.219. The maximum atomic E-state index is 12.9. The van der Waals surface area contributed by atoms with Gasteiger partial charge in [0.25, 0.3) is 5.91 Å². The van der Waals surface area contributed by atoms with Gasteiger partial charge in [0, 0.05) is 36.5 Å². The Labute approximate surface area is 235 Å². The molecule has 2 atom stereocenters. The van der Waals surface area contributed by atoms with Gasteiger partial charge in [-0.3, -0.25) is 14.4 Å². The van der Waals surface area contributed by atoms with Crippen LogP contribution in [0, 0.1) is 0 Å². The monoisotopic (exact) mass is 568 g/mol. The molecule has 10 nitrogen and oxygen atoms in total. The lowest BCUT2D eigenvalue weighted by Crippen LogP contribution is -2.44. The van der Waals surface area contributed by atoms with E-state index in [2.05, 4.69) is 10.6 Å². The van der Waals surface area contributed by atoms with Crippen LogP contribution in [0.2, 0.25) is 0 Å². The first-order chi connectivity index (χ1) is 17.9. The first kappa shape index (κ1) is 34.4. The van der Waals surface area contributed by atoms with E-state index in [1.54, 1.807) is 65.8 Å². The van der Waals surface area contributed by atoms with Gasteiger partial charge in [0.2, 0.25) is 5.91 Å². The highest BCUT2D eigenvalue weighted by molar-refractivity contribution is 7.99. The second-order valence-corrected chi connectivity index (χ2v) is 12.7. The van der Waals surface area contributed by atoms with Crippen LogP contribution in [-0.2, 0) is 30.4 Å². The smallest absolute Gasteiger partial charge is 0.329 e. The summed E-state index contributed by atoms with van der Waals surface area (Å²) in [5.74, 6) is -0.937. The lowest BCUT2D eigenvalue weighted by atomic mass is 10.1. The second kappa shape index (κ2) is 15.2. The molecule has 0 spiro atoms. The molecule has 0 saturated heterocycles. The van der Waals surface area contributed by atoms with E-state index >= 15 is 0 Å². The fraction of sp³-hybridized carbons (Fsp3) is 0.643. The molecule has 1 rings (SSSR count). The number of hydrogen-bond acceptors (Lipinski definition) is 9. The topological polar surface area (TPSA) is 151 Å². The highest BCUT2D eigenvalue weighted by atomic mass is 32.2. The molecule has 0 bridgehead atoms. The minimum atomic E-state index is -1.17. The summed E-state index contributed by atoms with van der Waals surface area (Å²) < 4.78 is 10.7. The summed E-state index contributed by atoms with van der Waals surface area (Å²) in [6.45, 7) is 11.9. The molecule has 220 valence electrons. The summed E-state index contributed by atoms with van der Waals surface area (Å²) >= 11 is 1.38. The third-order valence-electron chi connectivity index (χ3n) is 4.99. The maximum Gasteiger partial charge on any atom is 0.329 e. The zero-order valence-corrected chi connectivity index (χ0v) is 24.9. The van der Waals surface area contributed by atoms with Gasteiger partial charge in [-0.25, -0.2) is 4.79 Å². The van der Waals surface area contributed by atoms with Crippen LogP contribution in [0.15, 0.2) is 24.3 Å². The molecule has 0 radical (unpaired) electrons. The standard InChI is InChI=1S/C28H44N2O8S/c1-26(2,3)37-23(33)13-12-21(25(35)38-27(4,5)6)30-24(34)20-10-8-19(9-11-20)16-29-22(32)14-15-39-18-28(7,36)17-31/h8-11,21,31,36H,12-18H2,1-7H3,(H,29,32)(H,30,34)/t21-,28?/m0/s1. The van der Waals surface area contributed by atoms with Crippen LogP contribution in [0.5, 0.6) is 0 Å². The van der Waals surface area contributed by atoms with E-state index in [0.717, 1.165) is 5.56 Å². The number of hydrogen-bond donors (Lipinski definition) is 4. The number of nitrogens with one attached hydrogen (secondary N) is 2. The van der Waals surface area contributed by atoms with Crippen LogP contribution in [0.4, 0.5) is 0 Å². The average Bonchev–Trinajstić information content (AvgIpc) is 2.81. The number of carbonyl (C=O) groups excluding carboxylic acids is 4. The van der Waals surface area contributed by atoms with Crippen LogP contribution in [0.25, 0.3) is 0 Å². The van der Waals surface area contributed by atoms with Crippen LogP contribution >= 0.6 is 11.8 Å². The zero-order valence-electron chi connectivity index (χ0n) is 24.1. The highest BCUT2D eigenvalue weighted by Crippen LogP contribution is 2.15. The van der Waals surface area contributed by atoms with E-state index in [-0.39, 0.29) is 38.3 Å². The molecule has 0 aromatic heterocycles. The Morgan fingerprint density at radius 1 is 0.923 bits per heavy atom. The van der Waals surface area contributed by atoms with Gasteiger partial charge in [0.1, 0.15) is 17.2 Å². The van der Waals surface area contributed by atoms with Gasteiger partial charge < -0.3 is 30.3 Å². The van der Waals surface area contributed by atoms with Gasteiger partial charge in [0.05, 0.1) is 12.2 Å². The van der Waals surface area contributed by atoms with Gasteiger partial charge in [-0.1, -0.05) is 12.1 Å². The van der Waals surface area contributed by atoms with E-state index in [4.69, 9.17) is 14.6 Å². The molecule has 4 N–H and O–H groups in total. The molecular weight excluding hydrogens is 524 g/mol. The SMILES string of the molecule is CC(O)(CO)CSCCC(=O)NCc1ccc(C(=O)N[C@@H](CCC(=O)OC(C)(C)C)C(=O)OC(C)(C)C)cc1. The lowest BCUT2D eigenvalue weighted by molar-refractivity contribution is -0.158. The first-order valence-corrected chi connectivity index (χ1v) is 14.1. The van der Waals surface area contributed by atoms with Gasteiger partial charge >= 0.3 is 11.9 Å². The van der Waals surface area contributed by atoms with Crippen molar-refractivity contribution in [2.45, 2.75) is 97.1 Å². The molecule has 39 heavy (non-hydrogen) atoms. The molecule has 0 aliphatic rings. The fourth-order valence-electron chi connectivity index (χ4n) is 3.08. The predicted molar refractivity (Wildman–Crippen MR) is 150 cm³/mol. The number of carbonyl (C=O) groups is 4. The summed E-state index contributed by atoms with van der Waals surface area (Å²) in [4.78, 5) is 49.8. The van der Waals surface area contributed by atoms with Crippen LogP contribution in [0.1, 0.15) is 83.7 Å². The van der Waals surface area contributed by atoms with E-state index in [9.17, 15) is 24.3 Å². The normalized spacial score (nSPS) is 14.1. The number of rotatable bonds is 14. The Morgan fingerprint density at radius 3 is 2.05 bits per heavy atom. The van der Waals surface area contributed by atoms with Crippen LogP contribution in [-0.4, -0.2) is 74.9 Å². The third-order valence-corrected chi connectivity index (χ3v) is 6.31. The second-order valence-electron chi connectivity index (χ2n) is 11.6. The average molecular weight is 569 g/mol. The Hall–Kier alpha value is -2.63. The van der Waals surface area contributed by atoms with Crippen molar-refractivity contribution in [2.75, 3.05) is 18.1 Å². The number of aliphatic hydroxyl groups is 2. The lowest BCUT2D eigenvalue weighted by Gasteiger charge is -2.25. The van der Waals surface area contributed by atoms with Crippen molar-refractivity contribution >= 4 is 35.5 Å². The van der Waals surface area contributed by atoms with Crippen molar-refractivity contribution < 1.29 is 38.9 Å². The van der Waals surface area contributed by atoms with Crippen LogP contribution in [0.3, 0.4) is 0 Å². The molecule has 1 aromatic carbocycles. The van der Waals surface area contributed by atoms with Crippen molar-refractivity contribution in [3.8, 4) is 0 Å². The fourth-order valence-corrected chi connectivity index (χ4v) is 4.09. The molecule has 11 heteroatoms. The Morgan fingerprint density at radius 2 is 1.51 bits per heavy atom. The van der Waals surface area contributed by atoms with Gasteiger partial charge in [0.15, 0.2) is 0 Å². The number of amides is 2. The molecule has 0 saturated carbocycles. The first-order valence-electron chi connectivity index (χ1n) is 12.9. The van der Waals surface area contributed by atoms with Gasteiger partial charge in [-0.2, -0.15) is 11.8 Å². The van der Waals surface area contributed by atoms with E-state index < -0.39 is 40.7 Å². The van der Waals surface area contributed by atoms with Crippen molar-refractivity contribution in [3.05, 3.63) is 35.4 Å². The summed E-state index contributed by atoms with van der Waals surface area (Å²) in [5, 5.41) is 24.3. The molecule has 2 amide bonds. The molecule has 0 aliphatic heterocycles. The van der Waals surface area contributed by atoms with Crippen LogP contribution < -0.4 is 10.6 Å². The van der Waals surface area contributed by atoms with Crippen molar-refractivity contribution in [3.63, 3.8) is 0 Å². The number of aliphatic hydroxyl groups excluding tert-OH is 1. The quantitative estimate of drug-likeness (QED) is 0.196. The minimum Gasteiger partial charge on any atom is -0.460 e. The Bertz CT molecular complexity index is 965. The van der Waals surface area contributed by atoms with E-state index in [1.165, 1.54) is 18.7 Å². The van der Waals surface area contributed by atoms with E-state index in [1.807, 2.05) is 0 Å². The van der Waals surface area contributed by atoms with Crippen molar-refractivity contribution in [2.24, 2.45) is 0 Å². The number of thioether (sulfide) groups is 1. The maximum absolute atomic E-state index is 12.9. The molecular formula is C28H44N2O8S.